The summed E-state index contributed by atoms with van der Waals surface area (Å²) in [5, 5.41) is -0.390. The maximum Gasteiger partial charge on any atom is 0.417 e. The van der Waals surface area contributed by atoms with Crippen molar-refractivity contribution in [3.05, 3.63) is 34.1 Å². The lowest BCUT2D eigenvalue weighted by atomic mass is 10.1. The minimum atomic E-state index is -4.81. The third-order valence-corrected chi connectivity index (χ3v) is 3.56. The summed E-state index contributed by atoms with van der Waals surface area (Å²) in [7, 11) is 0. The topological polar surface area (TPSA) is 45.3 Å². The third-order valence-electron chi connectivity index (χ3n) is 3.56. The van der Waals surface area contributed by atoms with Crippen LogP contribution in [0.15, 0.2) is 23.0 Å². The fourth-order valence-corrected chi connectivity index (χ4v) is 2.64. The summed E-state index contributed by atoms with van der Waals surface area (Å²) in [6, 6.07) is 2.46. The van der Waals surface area contributed by atoms with E-state index in [9.17, 15) is 31.1 Å². The molecule has 130 valence electrons. The van der Waals surface area contributed by atoms with Crippen molar-refractivity contribution in [1.29, 1.82) is 0 Å². The highest BCUT2D eigenvalue weighted by atomic mass is 19.4. The number of aromatic amines is 1. The van der Waals surface area contributed by atoms with Crippen molar-refractivity contribution in [2.75, 3.05) is 24.6 Å². The molecule has 0 amide bonds. The fraction of sp³-hybridized carbons (Fsp3) is 0.357. The van der Waals surface area contributed by atoms with Crippen LogP contribution in [0.25, 0.3) is 10.9 Å². The lowest BCUT2D eigenvalue weighted by molar-refractivity contribution is -0.136. The van der Waals surface area contributed by atoms with Gasteiger partial charge in [-0.05, 0) is 6.07 Å². The number of benzene rings is 1. The van der Waals surface area contributed by atoms with Gasteiger partial charge in [0.25, 0.3) is 0 Å². The number of pyridine rings is 1. The highest BCUT2D eigenvalue weighted by molar-refractivity contribution is 5.89. The molecular formula is C14H10F6N2O2. The van der Waals surface area contributed by atoms with E-state index in [0.29, 0.717) is 6.07 Å². The van der Waals surface area contributed by atoms with Crippen LogP contribution in [0.1, 0.15) is 5.56 Å². The van der Waals surface area contributed by atoms with E-state index in [4.69, 9.17) is 4.74 Å². The number of anilines is 1. The number of hydrogen-bond acceptors (Lipinski definition) is 3. The molecular weight excluding hydrogens is 342 g/mol. The Kier molecular flexibility index (Phi) is 3.65. The zero-order chi connectivity index (χ0) is 17.7. The number of fused-ring (bicyclic) bond motifs is 2. The molecule has 1 aromatic carbocycles. The van der Waals surface area contributed by atoms with E-state index in [1.54, 1.807) is 0 Å². The van der Waals surface area contributed by atoms with Gasteiger partial charge in [0.1, 0.15) is 18.9 Å². The standard InChI is InChI=1S/C14H10F6N2O2/c15-13(16,17)6-22-1-2-24-11-5-9-7(3-10(11)22)8(14(18,19)20)4-12(23)21-9/h3-5H,1-2,6H2,(H,21,23). The average molecular weight is 352 g/mol. The van der Waals surface area contributed by atoms with Gasteiger partial charge in [-0.2, -0.15) is 26.3 Å². The number of alkyl halides is 6. The van der Waals surface area contributed by atoms with E-state index in [1.807, 2.05) is 0 Å². The summed E-state index contributed by atoms with van der Waals surface area (Å²) >= 11 is 0. The van der Waals surface area contributed by atoms with Crippen molar-refractivity contribution in [1.82, 2.24) is 4.98 Å². The van der Waals surface area contributed by atoms with Crippen LogP contribution in [-0.4, -0.2) is 30.9 Å². The number of hydrogen-bond donors (Lipinski definition) is 1. The Bertz CT molecular complexity index is 840. The van der Waals surface area contributed by atoms with Crippen LogP contribution < -0.4 is 15.2 Å². The first-order valence-electron chi connectivity index (χ1n) is 6.77. The normalized spacial score (nSPS) is 15.3. The highest BCUT2D eigenvalue weighted by Crippen LogP contribution is 2.40. The molecule has 1 N–H and O–H groups in total. The predicted octanol–water partition coefficient (Wildman–Crippen LogP) is 3.31. The first-order chi connectivity index (χ1) is 11.0. The summed E-state index contributed by atoms with van der Waals surface area (Å²) in [4.78, 5) is 14.6. The Morgan fingerprint density at radius 1 is 1.12 bits per heavy atom. The van der Waals surface area contributed by atoms with Crippen molar-refractivity contribution in [3.63, 3.8) is 0 Å². The molecule has 0 bridgehead atoms. The maximum absolute atomic E-state index is 13.1. The number of aromatic nitrogens is 1. The molecule has 0 atom stereocenters. The van der Waals surface area contributed by atoms with Crippen molar-refractivity contribution >= 4 is 16.6 Å². The maximum atomic E-state index is 13.1. The zero-order valence-electron chi connectivity index (χ0n) is 11.9. The van der Waals surface area contributed by atoms with E-state index < -0.39 is 35.4 Å². The highest BCUT2D eigenvalue weighted by Gasteiger charge is 2.36. The van der Waals surface area contributed by atoms with Crippen LogP contribution >= 0.6 is 0 Å². The van der Waals surface area contributed by atoms with Crippen molar-refractivity contribution in [2.24, 2.45) is 0 Å². The van der Waals surface area contributed by atoms with E-state index >= 15 is 0 Å². The first kappa shape index (κ1) is 16.5. The van der Waals surface area contributed by atoms with Gasteiger partial charge >= 0.3 is 12.4 Å². The summed E-state index contributed by atoms with van der Waals surface area (Å²) in [6.07, 6.45) is -9.33. The molecule has 24 heavy (non-hydrogen) atoms. The summed E-state index contributed by atoms with van der Waals surface area (Å²) in [6.45, 7) is -1.46. The molecule has 0 unspecified atom stereocenters. The average Bonchev–Trinajstić information content (AvgIpc) is 2.42. The van der Waals surface area contributed by atoms with Crippen LogP contribution in [0.4, 0.5) is 32.0 Å². The second kappa shape index (κ2) is 5.32. The molecule has 0 saturated heterocycles. The quantitative estimate of drug-likeness (QED) is 0.801. The molecule has 10 heteroatoms. The van der Waals surface area contributed by atoms with Crippen LogP contribution in [-0.2, 0) is 6.18 Å². The van der Waals surface area contributed by atoms with Gasteiger partial charge in [-0.15, -0.1) is 0 Å². The minimum absolute atomic E-state index is 0.00651. The lowest BCUT2D eigenvalue weighted by Gasteiger charge is -2.32. The molecule has 1 aromatic heterocycles. The van der Waals surface area contributed by atoms with Gasteiger partial charge in [0.15, 0.2) is 0 Å². The van der Waals surface area contributed by atoms with Crippen molar-refractivity contribution < 1.29 is 31.1 Å². The van der Waals surface area contributed by atoms with E-state index in [2.05, 4.69) is 4.98 Å². The number of nitrogens with zero attached hydrogens (tertiary/aromatic N) is 1. The molecule has 0 saturated carbocycles. The molecule has 1 aliphatic rings. The fourth-order valence-electron chi connectivity index (χ4n) is 2.64. The molecule has 0 fully saturated rings. The zero-order valence-corrected chi connectivity index (χ0v) is 11.9. The molecule has 0 spiro atoms. The summed E-state index contributed by atoms with van der Waals surface area (Å²) in [5.74, 6) is -0.00651. The van der Waals surface area contributed by atoms with Crippen LogP contribution in [0, 0.1) is 0 Å². The Labute approximate surface area is 130 Å². The molecule has 1 aliphatic heterocycles. The Balaban J connectivity index is 2.22. The third kappa shape index (κ3) is 3.13. The molecule has 4 nitrogen and oxygen atoms in total. The van der Waals surface area contributed by atoms with E-state index in [1.165, 1.54) is 0 Å². The van der Waals surface area contributed by atoms with Crippen molar-refractivity contribution in [3.8, 4) is 5.75 Å². The Hall–Kier alpha value is -2.39. The minimum Gasteiger partial charge on any atom is -0.489 e. The van der Waals surface area contributed by atoms with Crippen LogP contribution in [0.5, 0.6) is 5.75 Å². The second-order valence-electron chi connectivity index (χ2n) is 5.30. The number of nitrogens with one attached hydrogen (secondary N) is 1. The monoisotopic (exact) mass is 352 g/mol. The number of H-pyrrole nitrogens is 1. The van der Waals surface area contributed by atoms with Gasteiger partial charge in [-0.1, -0.05) is 0 Å². The van der Waals surface area contributed by atoms with E-state index in [0.717, 1.165) is 17.0 Å². The smallest absolute Gasteiger partial charge is 0.417 e. The van der Waals surface area contributed by atoms with Gasteiger partial charge in [-0.3, -0.25) is 4.79 Å². The van der Waals surface area contributed by atoms with Gasteiger partial charge in [-0.25, -0.2) is 0 Å². The number of rotatable bonds is 1. The molecule has 2 heterocycles. The largest absolute Gasteiger partial charge is 0.489 e. The molecule has 0 aliphatic carbocycles. The van der Waals surface area contributed by atoms with Gasteiger partial charge in [0, 0.05) is 17.5 Å². The van der Waals surface area contributed by atoms with Gasteiger partial charge in [0.2, 0.25) is 5.56 Å². The molecule has 3 rings (SSSR count). The Morgan fingerprint density at radius 2 is 1.83 bits per heavy atom. The number of ether oxygens (including phenoxy) is 1. The van der Waals surface area contributed by atoms with Gasteiger partial charge < -0.3 is 14.6 Å². The first-order valence-corrected chi connectivity index (χ1v) is 6.77. The van der Waals surface area contributed by atoms with Crippen molar-refractivity contribution in [2.45, 2.75) is 12.4 Å². The van der Waals surface area contributed by atoms with Gasteiger partial charge in [0.05, 0.1) is 23.3 Å². The lowest BCUT2D eigenvalue weighted by Crippen LogP contribution is -2.39. The Morgan fingerprint density at radius 3 is 2.46 bits per heavy atom. The molecule has 2 aromatic rings. The predicted molar refractivity (Wildman–Crippen MR) is 73.3 cm³/mol. The summed E-state index contributed by atoms with van der Waals surface area (Å²) < 4.78 is 82.6. The van der Waals surface area contributed by atoms with Crippen LogP contribution in [0.2, 0.25) is 0 Å². The number of halogens is 6. The SMILES string of the molecule is O=c1cc(C(F)(F)F)c2cc3c(cc2[nH]1)OCCN3CC(F)(F)F. The second-order valence-corrected chi connectivity index (χ2v) is 5.30. The summed E-state index contributed by atoms with van der Waals surface area (Å²) in [5.41, 5.74) is -2.41. The molecule has 0 radical (unpaired) electrons. The van der Waals surface area contributed by atoms with E-state index in [-0.39, 0.29) is 30.1 Å². The van der Waals surface area contributed by atoms with Crippen LogP contribution in [0.3, 0.4) is 0 Å².